The Hall–Kier alpha value is -2.50. The topological polar surface area (TPSA) is 71.0 Å². The third-order valence-corrected chi connectivity index (χ3v) is 4.40. The van der Waals surface area contributed by atoms with Gasteiger partial charge in [-0.25, -0.2) is 9.97 Å². The predicted octanol–water partition coefficient (Wildman–Crippen LogP) is 2.65. The maximum Gasteiger partial charge on any atom is 0.219 e. The Morgan fingerprint density at radius 1 is 1.38 bits per heavy atom. The summed E-state index contributed by atoms with van der Waals surface area (Å²) in [6, 6.07) is 6.03. The minimum absolute atomic E-state index is 0.0788. The van der Waals surface area contributed by atoms with Crippen molar-refractivity contribution in [3.8, 4) is 11.5 Å². The molecule has 1 aliphatic heterocycles. The van der Waals surface area contributed by atoms with Crippen molar-refractivity contribution in [3.63, 3.8) is 0 Å². The molecule has 0 fully saturated rings. The Labute approximate surface area is 142 Å². The van der Waals surface area contributed by atoms with Crippen molar-refractivity contribution in [2.75, 3.05) is 11.9 Å². The van der Waals surface area contributed by atoms with E-state index in [1.165, 1.54) is 0 Å². The van der Waals surface area contributed by atoms with Crippen molar-refractivity contribution in [3.05, 3.63) is 35.7 Å². The van der Waals surface area contributed by atoms with E-state index in [-0.39, 0.29) is 5.91 Å². The van der Waals surface area contributed by atoms with E-state index in [4.69, 9.17) is 9.97 Å². The fourth-order valence-electron chi connectivity index (χ4n) is 2.76. The smallest absolute Gasteiger partial charge is 0.219 e. The van der Waals surface area contributed by atoms with E-state index in [9.17, 15) is 4.79 Å². The van der Waals surface area contributed by atoms with E-state index < -0.39 is 0 Å². The zero-order valence-corrected chi connectivity index (χ0v) is 14.4. The first-order chi connectivity index (χ1) is 11.6. The molecule has 2 aromatic heterocycles. The van der Waals surface area contributed by atoms with E-state index in [1.807, 2.05) is 23.1 Å². The van der Waals surface area contributed by atoms with E-state index in [0.29, 0.717) is 25.0 Å². The van der Waals surface area contributed by atoms with Crippen molar-refractivity contribution >= 4 is 11.7 Å². The SMILES string of the molecule is CC[C@@H](C)Nc1nc(-c2ccccn2)nc2c1CCN(C(C)=O)C2. The molecule has 0 radical (unpaired) electrons. The van der Waals surface area contributed by atoms with Crippen LogP contribution < -0.4 is 5.32 Å². The van der Waals surface area contributed by atoms with Crippen LogP contribution in [0.4, 0.5) is 5.82 Å². The van der Waals surface area contributed by atoms with Gasteiger partial charge in [0.15, 0.2) is 5.82 Å². The molecule has 3 heterocycles. The molecular formula is C18H23N5O. The van der Waals surface area contributed by atoms with Crippen LogP contribution in [0.1, 0.15) is 38.4 Å². The van der Waals surface area contributed by atoms with Gasteiger partial charge in [0.25, 0.3) is 0 Å². The van der Waals surface area contributed by atoms with Gasteiger partial charge in [-0.1, -0.05) is 13.0 Å². The lowest BCUT2D eigenvalue weighted by Gasteiger charge is -2.29. The van der Waals surface area contributed by atoms with Gasteiger partial charge in [-0.3, -0.25) is 9.78 Å². The zero-order valence-electron chi connectivity index (χ0n) is 14.4. The number of hydrogen-bond acceptors (Lipinski definition) is 5. The molecule has 0 spiro atoms. The van der Waals surface area contributed by atoms with Crippen LogP contribution in [0.2, 0.25) is 0 Å². The van der Waals surface area contributed by atoms with E-state index >= 15 is 0 Å². The molecule has 1 amide bonds. The van der Waals surface area contributed by atoms with Crippen molar-refractivity contribution in [1.82, 2.24) is 19.9 Å². The summed E-state index contributed by atoms with van der Waals surface area (Å²) in [6.45, 7) is 7.12. The Bertz CT molecular complexity index is 732. The summed E-state index contributed by atoms with van der Waals surface area (Å²) in [5.41, 5.74) is 2.78. The third kappa shape index (κ3) is 3.37. The van der Waals surface area contributed by atoms with Gasteiger partial charge in [0.05, 0.1) is 12.2 Å². The summed E-state index contributed by atoms with van der Waals surface area (Å²) in [7, 11) is 0. The zero-order chi connectivity index (χ0) is 17.1. The first-order valence-electron chi connectivity index (χ1n) is 8.41. The van der Waals surface area contributed by atoms with Gasteiger partial charge in [0.1, 0.15) is 11.5 Å². The van der Waals surface area contributed by atoms with Crippen LogP contribution in [-0.4, -0.2) is 38.3 Å². The number of aromatic nitrogens is 3. The van der Waals surface area contributed by atoms with Crippen LogP contribution in [-0.2, 0) is 17.8 Å². The first-order valence-corrected chi connectivity index (χ1v) is 8.41. The maximum atomic E-state index is 11.7. The minimum atomic E-state index is 0.0788. The number of hydrogen-bond donors (Lipinski definition) is 1. The first kappa shape index (κ1) is 16.4. The number of nitrogens with one attached hydrogen (secondary N) is 1. The van der Waals surface area contributed by atoms with E-state index in [2.05, 4.69) is 24.1 Å². The monoisotopic (exact) mass is 325 g/mol. The van der Waals surface area contributed by atoms with Crippen LogP contribution in [0.25, 0.3) is 11.5 Å². The number of fused-ring (bicyclic) bond motifs is 1. The molecule has 0 aromatic carbocycles. The number of pyridine rings is 1. The molecule has 3 rings (SSSR count). The number of carbonyl (C=O) groups excluding carboxylic acids is 1. The van der Waals surface area contributed by atoms with Crippen LogP contribution in [0.15, 0.2) is 24.4 Å². The van der Waals surface area contributed by atoms with Gasteiger partial charge in [-0.15, -0.1) is 0 Å². The van der Waals surface area contributed by atoms with Gasteiger partial charge >= 0.3 is 0 Å². The lowest BCUT2D eigenvalue weighted by atomic mass is 10.0. The average Bonchev–Trinajstić information content (AvgIpc) is 2.61. The highest BCUT2D eigenvalue weighted by molar-refractivity contribution is 5.74. The van der Waals surface area contributed by atoms with Crippen LogP contribution >= 0.6 is 0 Å². The molecule has 24 heavy (non-hydrogen) atoms. The number of carbonyl (C=O) groups is 1. The molecule has 1 aliphatic rings. The van der Waals surface area contributed by atoms with E-state index in [0.717, 1.165) is 35.6 Å². The molecule has 0 aliphatic carbocycles. The molecule has 6 nitrogen and oxygen atoms in total. The predicted molar refractivity (Wildman–Crippen MR) is 93.4 cm³/mol. The third-order valence-electron chi connectivity index (χ3n) is 4.40. The molecule has 6 heteroatoms. The Balaban J connectivity index is 2.04. The molecule has 0 unspecified atom stereocenters. The second kappa shape index (κ2) is 6.95. The summed E-state index contributed by atoms with van der Waals surface area (Å²) in [5.74, 6) is 1.55. The second-order valence-electron chi connectivity index (χ2n) is 6.18. The minimum Gasteiger partial charge on any atom is -0.367 e. The highest BCUT2D eigenvalue weighted by Crippen LogP contribution is 2.27. The largest absolute Gasteiger partial charge is 0.367 e. The highest BCUT2D eigenvalue weighted by Gasteiger charge is 2.24. The number of rotatable bonds is 4. The van der Waals surface area contributed by atoms with Gasteiger partial charge in [0, 0.05) is 31.3 Å². The summed E-state index contributed by atoms with van der Waals surface area (Å²) in [4.78, 5) is 27.3. The number of nitrogens with zero attached hydrogens (tertiary/aromatic N) is 4. The fourth-order valence-corrected chi connectivity index (χ4v) is 2.76. The number of amides is 1. The Morgan fingerprint density at radius 2 is 2.21 bits per heavy atom. The summed E-state index contributed by atoms with van der Waals surface area (Å²) >= 11 is 0. The van der Waals surface area contributed by atoms with Crippen molar-refractivity contribution in [2.24, 2.45) is 0 Å². The summed E-state index contributed by atoms with van der Waals surface area (Å²) in [5, 5.41) is 3.49. The molecule has 2 aromatic rings. The van der Waals surface area contributed by atoms with Crippen molar-refractivity contribution < 1.29 is 4.79 Å². The normalized spacial score (nSPS) is 14.9. The van der Waals surface area contributed by atoms with E-state index in [1.54, 1.807) is 13.1 Å². The molecule has 1 atom stereocenters. The Kier molecular flexibility index (Phi) is 4.74. The van der Waals surface area contributed by atoms with Crippen LogP contribution in [0.3, 0.4) is 0 Å². The molecular weight excluding hydrogens is 302 g/mol. The van der Waals surface area contributed by atoms with Crippen LogP contribution in [0.5, 0.6) is 0 Å². The van der Waals surface area contributed by atoms with Gasteiger partial charge in [0.2, 0.25) is 5.91 Å². The van der Waals surface area contributed by atoms with Gasteiger partial charge in [-0.2, -0.15) is 0 Å². The van der Waals surface area contributed by atoms with Crippen molar-refractivity contribution in [1.29, 1.82) is 0 Å². The quantitative estimate of drug-likeness (QED) is 0.936. The summed E-state index contributed by atoms with van der Waals surface area (Å²) in [6.07, 6.45) is 3.52. The average molecular weight is 325 g/mol. The van der Waals surface area contributed by atoms with Gasteiger partial charge < -0.3 is 10.2 Å². The molecule has 0 saturated heterocycles. The standard InChI is InChI=1S/C18H23N5O/c1-4-12(2)20-17-14-8-10-23(13(3)24)11-16(14)21-18(22-17)15-7-5-6-9-19-15/h5-7,9,12H,4,8,10-11H2,1-3H3,(H,20,21,22)/t12-/m1/s1. The highest BCUT2D eigenvalue weighted by atomic mass is 16.2. The fraction of sp³-hybridized carbons (Fsp3) is 0.444. The molecule has 0 saturated carbocycles. The number of anilines is 1. The molecule has 126 valence electrons. The van der Waals surface area contributed by atoms with Crippen LogP contribution in [0, 0.1) is 0 Å². The lowest BCUT2D eigenvalue weighted by Crippen LogP contribution is -2.35. The molecule has 0 bridgehead atoms. The van der Waals surface area contributed by atoms with Crippen molar-refractivity contribution in [2.45, 2.75) is 46.2 Å². The summed E-state index contributed by atoms with van der Waals surface area (Å²) < 4.78 is 0. The second-order valence-corrected chi connectivity index (χ2v) is 6.18. The molecule has 1 N–H and O–H groups in total. The van der Waals surface area contributed by atoms with Gasteiger partial charge in [-0.05, 0) is 31.9 Å². The lowest BCUT2D eigenvalue weighted by molar-refractivity contribution is -0.129. The maximum absolute atomic E-state index is 11.7. The Morgan fingerprint density at radius 3 is 2.88 bits per heavy atom.